The molecule has 1 saturated heterocycles. The minimum atomic E-state index is -0.843. The van der Waals surface area contributed by atoms with Crippen molar-refractivity contribution in [3.63, 3.8) is 0 Å². The number of ether oxygens (including phenoxy) is 1. The van der Waals surface area contributed by atoms with Crippen LogP contribution in [-0.2, 0) is 19.1 Å². The molecule has 7 nitrogen and oxygen atoms in total. The standard InChI is InChI=1S/C27H45N3O4/c1-18(31)30(27(28)14-9-8-10-15-27)20(23(2,3)4)21(32)29-17-26(16-19(29)22(33)34-7)24(5,6)25(26)12-11-13-25/h19-20H,8-17,28H2,1-7H3. The highest BCUT2D eigenvalue weighted by atomic mass is 16.5. The second-order valence-electron chi connectivity index (χ2n) is 13.2. The summed E-state index contributed by atoms with van der Waals surface area (Å²) in [5.41, 5.74) is 5.71. The molecule has 0 radical (unpaired) electrons. The molecule has 3 unspecified atom stereocenters. The van der Waals surface area contributed by atoms with Crippen molar-refractivity contribution < 1.29 is 19.1 Å². The number of nitrogens with two attached hydrogens (primary N) is 1. The maximum absolute atomic E-state index is 14.5. The number of amides is 2. The van der Waals surface area contributed by atoms with Gasteiger partial charge in [-0.2, -0.15) is 0 Å². The molecule has 0 bridgehead atoms. The van der Waals surface area contributed by atoms with Gasteiger partial charge in [-0.15, -0.1) is 0 Å². The molecule has 1 aliphatic heterocycles. The quantitative estimate of drug-likeness (QED) is 0.493. The molecule has 0 aromatic carbocycles. The Hall–Kier alpha value is -1.63. The Morgan fingerprint density at radius 3 is 2.00 bits per heavy atom. The Labute approximate surface area is 205 Å². The molecule has 2 N–H and O–H groups in total. The highest BCUT2D eigenvalue weighted by Crippen LogP contribution is 2.88. The van der Waals surface area contributed by atoms with Gasteiger partial charge in [0.05, 0.1) is 12.8 Å². The minimum absolute atomic E-state index is 0.0680. The lowest BCUT2D eigenvalue weighted by Gasteiger charge is -2.51. The van der Waals surface area contributed by atoms with Gasteiger partial charge in [0.25, 0.3) is 0 Å². The van der Waals surface area contributed by atoms with E-state index in [-0.39, 0.29) is 34.0 Å². The molecule has 0 aromatic heterocycles. The van der Waals surface area contributed by atoms with Crippen LogP contribution < -0.4 is 5.73 Å². The van der Waals surface area contributed by atoms with E-state index in [1.807, 2.05) is 20.8 Å². The molecule has 4 aliphatic rings. The number of hydrogen-bond donors (Lipinski definition) is 1. The van der Waals surface area contributed by atoms with E-state index in [4.69, 9.17) is 10.5 Å². The number of fused-ring (bicyclic) bond motifs is 1. The van der Waals surface area contributed by atoms with E-state index in [2.05, 4.69) is 13.8 Å². The number of methoxy groups -OCH3 is 1. The molecule has 0 aromatic rings. The molecule has 192 valence electrons. The first-order chi connectivity index (χ1) is 15.7. The van der Waals surface area contributed by atoms with Crippen LogP contribution in [0.3, 0.4) is 0 Å². The van der Waals surface area contributed by atoms with E-state index in [1.165, 1.54) is 20.5 Å². The Balaban J connectivity index is 1.73. The number of carbonyl (C=O) groups is 3. The lowest BCUT2D eigenvalue weighted by molar-refractivity contribution is -0.163. The molecule has 7 heteroatoms. The lowest BCUT2D eigenvalue weighted by atomic mass is 9.73. The lowest BCUT2D eigenvalue weighted by Crippen LogP contribution is -2.68. The highest BCUT2D eigenvalue weighted by molar-refractivity contribution is 5.92. The molecule has 3 aliphatic carbocycles. The molecular weight excluding hydrogens is 430 g/mol. The van der Waals surface area contributed by atoms with Crippen LogP contribution in [0.4, 0.5) is 0 Å². The summed E-state index contributed by atoms with van der Waals surface area (Å²) in [5, 5.41) is 0. The van der Waals surface area contributed by atoms with E-state index >= 15 is 0 Å². The monoisotopic (exact) mass is 475 g/mol. The number of esters is 1. The van der Waals surface area contributed by atoms with Gasteiger partial charge in [-0.25, -0.2) is 4.79 Å². The third-order valence-corrected chi connectivity index (χ3v) is 10.4. The number of likely N-dealkylation sites (tertiary alicyclic amines) is 1. The molecule has 4 fully saturated rings. The third-order valence-electron chi connectivity index (χ3n) is 10.4. The summed E-state index contributed by atoms with van der Waals surface area (Å²) < 4.78 is 5.20. The van der Waals surface area contributed by atoms with Crippen molar-refractivity contribution >= 4 is 17.8 Å². The van der Waals surface area contributed by atoms with Crippen LogP contribution in [0.25, 0.3) is 0 Å². The van der Waals surface area contributed by atoms with E-state index in [0.29, 0.717) is 25.8 Å². The smallest absolute Gasteiger partial charge is 0.328 e. The van der Waals surface area contributed by atoms with Gasteiger partial charge in [-0.1, -0.05) is 47.5 Å². The first-order valence-electron chi connectivity index (χ1n) is 13.2. The Bertz CT molecular complexity index is 866. The van der Waals surface area contributed by atoms with Gasteiger partial charge in [0.2, 0.25) is 11.8 Å². The molecule has 4 rings (SSSR count). The summed E-state index contributed by atoms with van der Waals surface area (Å²) in [6, 6.07) is -1.36. The summed E-state index contributed by atoms with van der Waals surface area (Å²) >= 11 is 0. The van der Waals surface area contributed by atoms with Crippen molar-refractivity contribution in [3.05, 3.63) is 0 Å². The third kappa shape index (κ3) is 3.28. The van der Waals surface area contributed by atoms with Gasteiger partial charge in [-0.05, 0) is 61.2 Å². The Morgan fingerprint density at radius 1 is 1.00 bits per heavy atom. The molecular formula is C27H45N3O4. The van der Waals surface area contributed by atoms with Crippen LogP contribution >= 0.6 is 0 Å². The van der Waals surface area contributed by atoms with Gasteiger partial charge in [0.15, 0.2) is 0 Å². The second-order valence-corrected chi connectivity index (χ2v) is 13.2. The zero-order valence-electron chi connectivity index (χ0n) is 22.3. The van der Waals surface area contributed by atoms with Crippen molar-refractivity contribution in [3.8, 4) is 0 Å². The van der Waals surface area contributed by atoms with Crippen LogP contribution in [0.15, 0.2) is 0 Å². The molecule has 3 saturated carbocycles. The fourth-order valence-electron chi connectivity index (χ4n) is 8.36. The molecule has 34 heavy (non-hydrogen) atoms. The fraction of sp³-hybridized carbons (Fsp3) is 0.889. The van der Waals surface area contributed by atoms with Crippen LogP contribution in [0, 0.1) is 21.7 Å². The SMILES string of the molecule is COC(=O)C1CC2(CN1C(=O)C(N(C(C)=O)C1(N)CCCCC1)C(C)(C)C)C(C)(C)C21CCC1. The Morgan fingerprint density at radius 2 is 1.59 bits per heavy atom. The maximum Gasteiger partial charge on any atom is 0.328 e. The van der Waals surface area contributed by atoms with Crippen molar-refractivity contribution in [2.24, 2.45) is 27.4 Å². The van der Waals surface area contributed by atoms with Crippen molar-refractivity contribution in [1.82, 2.24) is 9.80 Å². The van der Waals surface area contributed by atoms with E-state index in [0.717, 1.165) is 32.1 Å². The summed E-state index contributed by atoms with van der Waals surface area (Å²) in [5.74, 6) is -0.699. The average molecular weight is 476 g/mol. The van der Waals surface area contributed by atoms with Crippen LogP contribution in [-0.4, -0.2) is 59.0 Å². The summed E-state index contributed by atoms with van der Waals surface area (Å²) in [7, 11) is 1.40. The number of rotatable bonds is 4. The van der Waals surface area contributed by atoms with Crippen LogP contribution in [0.2, 0.25) is 0 Å². The number of nitrogens with zero attached hydrogens (tertiary/aromatic N) is 2. The first kappa shape index (κ1) is 25.5. The first-order valence-corrected chi connectivity index (χ1v) is 13.2. The molecule has 2 amide bonds. The van der Waals surface area contributed by atoms with E-state index in [1.54, 1.807) is 9.80 Å². The Kier molecular flexibility index (Phi) is 5.95. The molecule has 3 atom stereocenters. The van der Waals surface area contributed by atoms with Gasteiger partial charge < -0.3 is 20.3 Å². The van der Waals surface area contributed by atoms with Crippen molar-refractivity contribution in [1.29, 1.82) is 0 Å². The maximum atomic E-state index is 14.5. The van der Waals surface area contributed by atoms with Crippen molar-refractivity contribution in [2.75, 3.05) is 13.7 Å². The predicted octanol–water partition coefficient (Wildman–Crippen LogP) is 3.84. The largest absolute Gasteiger partial charge is 0.467 e. The normalized spacial score (nSPS) is 31.6. The van der Waals surface area contributed by atoms with Crippen molar-refractivity contribution in [2.45, 2.75) is 117 Å². The fourth-order valence-corrected chi connectivity index (χ4v) is 8.36. The average Bonchev–Trinajstić information content (AvgIpc) is 2.96. The minimum Gasteiger partial charge on any atom is -0.467 e. The zero-order chi connectivity index (χ0) is 25.3. The van der Waals surface area contributed by atoms with Gasteiger partial charge in [0, 0.05) is 18.9 Å². The van der Waals surface area contributed by atoms with Gasteiger partial charge in [0.1, 0.15) is 12.1 Å². The number of carbonyl (C=O) groups excluding carboxylic acids is 3. The summed E-state index contributed by atoms with van der Waals surface area (Å²) in [6.07, 6.45) is 8.52. The number of hydrogen-bond acceptors (Lipinski definition) is 5. The molecule has 2 spiro atoms. The molecule has 1 heterocycles. The second kappa shape index (κ2) is 7.94. The van der Waals surface area contributed by atoms with Gasteiger partial charge in [-0.3, -0.25) is 9.59 Å². The van der Waals surface area contributed by atoms with E-state index in [9.17, 15) is 14.4 Å². The topological polar surface area (TPSA) is 92.9 Å². The van der Waals surface area contributed by atoms with E-state index < -0.39 is 23.2 Å². The highest BCUT2D eigenvalue weighted by Gasteiger charge is 2.85. The predicted molar refractivity (Wildman–Crippen MR) is 130 cm³/mol. The van der Waals surface area contributed by atoms with Crippen LogP contribution in [0.5, 0.6) is 0 Å². The zero-order valence-corrected chi connectivity index (χ0v) is 22.3. The van der Waals surface area contributed by atoms with Gasteiger partial charge >= 0.3 is 5.97 Å². The van der Waals surface area contributed by atoms with Crippen LogP contribution in [0.1, 0.15) is 99.3 Å². The summed E-state index contributed by atoms with van der Waals surface area (Å²) in [6.45, 7) is 12.6. The summed E-state index contributed by atoms with van der Waals surface area (Å²) in [4.78, 5) is 44.0.